The van der Waals surface area contributed by atoms with Crippen LogP contribution >= 0.6 is 0 Å². The minimum Gasteiger partial charge on any atom is -0.371 e. The number of piperidine rings is 2. The van der Waals surface area contributed by atoms with Gasteiger partial charge in [-0.25, -0.2) is 0 Å². The van der Waals surface area contributed by atoms with Crippen LogP contribution in [0.1, 0.15) is 61.4 Å². The molecule has 0 aliphatic carbocycles. The average Bonchev–Trinajstić information content (AvgIpc) is 2.62. The van der Waals surface area contributed by atoms with Crippen molar-refractivity contribution >= 4 is 17.5 Å². The molecule has 2 amide bonds. The van der Waals surface area contributed by atoms with Gasteiger partial charge in [-0.05, 0) is 55.2 Å². The summed E-state index contributed by atoms with van der Waals surface area (Å²) in [6.07, 6.45) is 4.26. The maximum atomic E-state index is 11.9. The van der Waals surface area contributed by atoms with Crippen LogP contribution in [0, 0.1) is 5.92 Å². The number of nitrogens with two attached hydrogens (primary N) is 1. The van der Waals surface area contributed by atoms with Crippen molar-refractivity contribution < 1.29 is 9.59 Å². The summed E-state index contributed by atoms with van der Waals surface area (Å²) in [5.74, 6) is 0.990. The van der Waals surface area contributed by atoms with Crippen molar-refractivity contribution in [3.63, 3.8) is 0 Å². The number of carbonyl (C=O) groups excluding carboxylic acids is 2. The van der Waals surface area contributed by atoms with Crippen molar-refractivity contribution in [2.75, 3.05) is 31.1 Å². The number of rotatable bonds is 3. The minimum absolute atomic E-state index is 0.158. The van der Waals surface area contributed by atoms with Crippen LogP contribution in [0.4, 0.5) is 5.69 Å². The number of carbonyl (C=O) groups is 2. The third-order valence-electron chi connectivity index (χ3n) is 5.82. The fourth-order valence-electron chi connectivity index (χ4n) is 4.05. The summed E-state index contributed by atoms with van der Waals surface area (Å²) < 4.78 is 0. The topological polar surface area (TPSA) is 66.6 Å². The summed E-state index contributed by atoms with van der Waals surface area (Å²) in [6, 6.07) is 6.11. The lowest BCUT2D eigenvalue weighted by atomic mass is 9.88. The Morgan fingerprint density at radius 1 is 1.04 bits per heavy atom. The summed E-state index contributed by atoms with van der Waals surface area (Å²) >= 11 is 0. The molecule has 0 saturated carbocycles. The zero-order valence-electron chi connectivity index (χ0n) is 15.3. The van der Waals surface area contributed by atoms with Gasteiger partial charge in [0.2, 0.25) is 5.91 Å². The van der Waals surface area contributed by atoms with Crippen molar-refractivity contribution in [1.82, 2.24) is 4.90 Å². The molecule has 0 unspecified atom stereocenters. The molecule has 3 rings (SSSR count). The van der Waals surface area contributed by atoms with Gasteiger partial charge in [-0.3, -0.25) is 9.59 Å². The molecular weight excluding hydrogens is 314 g/mol. The van der Waals surface area contributed by atoms with Gasteiger partial charge in [-0.1, -0.05) is 13.0 Å². The first-order valence-electron chi connectivity index (χ1n) is 9.40. The van der Waals surface area contributed by atoms with E-state index >= 15 is 0 Å². The number of hydrogen-bond acceptors (Lipinski definition) is 3. The Hall–Kier alpha value is -2.04. The van der Waals surface area contributed by atoms with Gasteiger partial charge in [0.1, 0.15) is 0 Å². The molecule has 0 radical (unpaired) electrons. The summed E-state index contributed by atoms with van der Waals surface area (Å²) in [5.41, 5.74) is 8.50. The van der Waals surface area contributed by atoms with Crippen molar-refractivity contribution in [3.8, 4) is 0 Å². The normalized spacial score (nSPS) is 19.9. The highest BCUT2D eigenvalue weighted by atomic mass is 16.2. The summed E-state index contributed by atoms with van der Waals surface area (Å²) in [4.78, 5) is 27.6. The highest BCUT2D eigenvalue weighted by Gasteiger charge is 2.25. The fourth-order valence-corrected chi connectivity index (χ4v) is 4.05. The predicted molar refractivity (Wildman–Crippen MR) is 99.8 cm³/mol. The molecule has 2 N–H and O–H groups in total. The van der Waals surface area contributed by atoms with Gasteiger partial charge >= 0.3 is 0 Å². The van der Waals surface area contributed by atoms with E-state index in [9.17, 15) is 9.59 Å². The third kappa shape index (κ3) is 3.97. The molecule has 5 nitrogen and oxygen atoms in total. The molecular formula is C20H29N3O2. The molecule has 2 saturated heterocycles. The fraction of sp³-hybridized carbons (Fsp3) is 0.600. The molecule has 1 aromatic rings. The summed E-state index contributed by atoms with van der Waals surface area (Å²) in [5, 5.41) is 0. The largest absolute Gasteiger partial charge is 0.371 e. The number of amides is 2. The number of nitrogens with zero attached hydrogens (tertiary/aromatic N) is 2. The van der Waals surface area contributed by atoms with E-state index in [1.54, 1.807) is 6.92 Å². The Labute approximate surface area is 150 Å². The van der Waals surface area contributed by atoms with Crippen LogP contribution in [0.3, 0.4) is 0 Å². The van der Waals surface area contributed by atoms with Crippen LogP contribution in [0.2, 0.25) is 0 Å². The van der Waals surface area contributed by atoms with E-state index in [-0.39, 0.29) is 11.8 Å². The van der Waals surface area contributed by atoms with Gasteiger partial charge in [0.25, 0.3) is 5.91 Å². The molecule has 2 fully saturated rings. The second-order valence-corrected chi connectivity index (χ2v) is 7.59. The second kappa shape index (κ2) is 7.46. The second-order valence-electron chi connectivity index (χ2n) is 7.59. The van der Waals surface area contributed by atoms with Crippen LogP contribution in [-0.2, 0) is 4.79 Å². The molecule has 2 aliphatic rings. The quantitative estimate of drug-likeness (QED) is 0.918. The summed E-state index contributed by atoms with van der Waals surface area (Å²) in [6.45, 7) is 7.51. The zero-order chi connectivity index (χ0) is 18.0. The van der Waals surface area contributed by atoms with E-state index in [0.29, 0.717) is 11.5 Å². The molecule has 0 aromatic heterocycles. The van der Waals surface area contributed by atoms with Crippen molar-refractivity contribution in [2.24, 2.45) is 11.7 Å². The third-order valence-corrected chi connectivity index (χ3v) is 5.82. The molecule has 2 aliphatic heterocycles. The number of anilines is 1. The van der Waals surface area contributed by atoms with E-state index < -0.39 is 0 Å². The molecule has 1 aromatic carbocycles. The lowest BCUT2D eigenvalue weighted by molar-refractivity contribution is -0.129. The number of benzene rings is 1. The van der Waals surface area contributed by atoms with Gasteiger partial charge in [-0.2, -0.15) is 0 Å². The van der Waals surface area contributed by atoms with Crippen LogP contribution in [0.25, 0.3) is 0 Å². The van der Waals surface area contributed by atoms with E-state index in [1.807, 2.05) is 17.0 Å². The van der Waals surface area contributed by atoms with E-state index in [2.05, 4.69) is 17.9 Å². The zero-order valence-corrected chi connectivity index (χ0v) is 15.3. The molecule has 25 heavy (non-hydrogen) atoms. The lowest BCUT2D eigenvalue weighted by Crippen LogP contribution is -2.36. The first kappa shape index (κ1) is 17.8. The van der Waals surface area contributed by atoms with Crippen molar-refractivity contribution in [2.45, 2.75) is 45.4 Å². The lowest BCUT2D eigenvalue weighted by Gasteiger charge is -2.35. The summed E-state index contributed by atoms with van der Waals surface area (Å²) in [7, 11) is 0. The van der Waals surface area contributed by atoms with Crippen molar-refractivity contribution in [1.29, 1.82) is 0 Å². The molecule has 136 valence electrons. The molecule has 0 atom stereocenters. The molecule has 0 spiro atoms. The van der Waals surface area contributed by atoms with E-state index in [4.69, 9.17) is 5.73 Å². The Kier molecular flexibility index (Phi) is 5.30. The van der Waals surface area contributed by atoms with Crippen LogP contribution in [0.15, 0.2) is 18.2 Å². The maximum Gasteiger partial charge on any atom is 0.250 e. The van der Waals surface area contributed by atoms with E-state index in [1.165, 1.54) is 5.56 Å². The Morgan fingerprint density at radius 3 is 2.24 bits per heavy atom. The maximum absolute atomic E-state index is 11.9. The van der Waals surface area contributed by atoms with Crippen molar-refractivity contribution in [3.05, 3.63) is 29.3 Å². The van der Waals surface area contributed by atoms with E-state index in [0.717, 1.165) is 63.5 Å². The van der Waals surface area contributed by atoms with Crippen LogP contribution in [-0.4, -0.2) is 42.9 Å². The number of primary amides is 1. The first-order chi connectivity index (χ1) is 12.0. The Morgan fingerprint density at radius 2 is 1.68 bits per heavy atom. The highest BCUT2D eigenvalue weighted by molar-refractivity contribution is 5.98. The Balaban J connectivity index is 1.81. The Bertz CT molecular complexity index is 642. The highest BCUT2D eigenvalue weighted by Crippen LogP contribution is 2.33. The molecule has 5 heteroatoms. The predicted octanol–water partition coefficient (Wildman–Crippen LogP) is 2.75. The van der Waals surface area contributed by atoms with Gasteiger partial charge in [0.05, 0.1) is 5.56 Å². The first-order valence-corrected chi connectivity index (χ1v) is 9.40. The minimum atomic E-state index is -0.355. The van der Waals surface area contributed by atoms with Crippen LogP contribution < -0.4 is 10.6 Å². The molecule has 0 bridgehead atoms. The monoisotopic (exact) mass is 343 g/mol. The average molecular weight is 343 g/mol. The van der Waals surface area contributed by atoms with Gasteiger partial charge in [-0.15, -0.1) is 0 Å². The van der Waals surface area contributed by atoms with Gasteiger partial charge in [0, 0.05) is 38.8 Å². The number of hydrogen-bond donors (Lipinski definition) is 1. The molecule has 2 heterocycles. The SMILES string of the molecule is CC(=O)N1CCC(c2ccc(C(N)=O)c(N3CCC(C)CC3)c2)CC1. The smallest absolute Gasteiger partial charge is 0.250 e. The van der Waals surface area contributed by atoms with Crippen LogP contribution in [0.5, 0.6) is 0 Å². The standard InChI is InChI=1S/C20H29N3O2/c1-14-5-9-23(10-6-14)19-13-17(3-4-18(19)20(21)25)16-7-11-22(12-8-16)15(2)24/h3-4,13-14,16H,5-12H2,1-2H3,(H2,21,25). The van der Waals surface area contributed by atoms with Gasteiger partial charge < -0.3 is 15.5 Å². The number of likely N-dealkylation sites (tertiary alicyclic amines) is 1. The van der Waals surface area contributed by atoms with Gasteiger partial charge in [0.15, 0.2) is 0 Å².